The van der Waals surface area contributed by atoms with Crippen molar-refractivity contribution in [2.24, 2.45) is 5.92 Å². The predicted octanol–water partition coefficient (Wildman–Crippen LogP) is 5.52. The quantitative estimate of drug-likeness (QED) is 0.112. The van der Waals surface area contributed by atoms with Crippen LogP contribution in [-0.2, 0) is 40.3 Å². The van der Waals surface area contributed by atoms with E-state index in [1.165, 1.54) is 11.3 Å². The predicted molar refractivity (Wildman–Crippen MR) is 185 cm³/mol. The van der Waals surface area contributed by atoms with Gasteiger partial charge in [0.25, 0.3) is 0 Å². The van der Waals surface area contributed by atoms with E-state index in [-0.39, 0.29) is 31.5 Å². The lowest BCUT2D eigenvalue weighted by Crippen LogP contribution is -2.54. The summed E-state index contributed by atoms with van der Waals surface area (Å²) in [5.74, 6) is -0.158. The van der Waals surface area contributed by atoms with Crippen molar-refractivity contribution >= 4 is 29.4 Å². The van der Waals surface area contributed by atoms with E-state index in [0.29, 0.717) is 18.6 Å². The summed E-state index contributed by atoms with van der Waals surface area (Å²) in [7, 11) is 0. The van der Waals surface area contributed by atoms with Crippen molar-refractivity contribution in [3.8, 4) is 0 Å². The Morgan fingerprint density at radius 3 is 2.08 bits per heavy atom. The number of carbonyl (C=O) groups excluding carboxylic acids is 3. The number of thiazole rings is 1. The molecule has 4 aromatic rings. The first-order chi connectivity index (χ1) is 23.6. The molecular formula is C36H45N5O7S. The molecule has 3 amide bonds. The first kappa shape index (κ1) is 37.1. The number of benzene rings is 2. The molecule has 0 saturated heterocycles. The maximum Gasteiger partial charge on any atom is 0.408 e. The van der Waals surface area contributed by atoms with Crippen LogP contribution in [0.5, 0.6) is 0 Å². The summed E-state index contributed by atoms with van der Waals surface area (Å²) in [6.45, 7) is 7.50. The number of aliphatic hydroxyl groups is 1. The number of hydrogen-bond acceptors (Lipinski definition) is 10. The number of amides is 3. The monoisotopic (exact) mass is 691 g/mol. The summed E-state index contributed by atoms with van der Waals surface area (Å²) in [6, 6.07) is 18.6. The molecule has 0 radical (unpaired) electrons. The Morgan fingerprint density at radius 1 is 0.857 bits per heavy atom. The summed E-state index contributed by atoms with van der Waals surface area (Å²) in [4.78, 5) is 44.1. The number of aliphatic hydroxyl groups excluding tert-OH is 1. The number of nitrogens with one attached hydrogen (secondary N) is 3. The molecule has 2 heterocycles. The van der Waals surface area contributed by atoms with E-state index in [0.717, 1.165) is 21.7 Å². The lowest BCUT2D eigenvalue weighted by molar-refractivity contribution is -0.125. The van der Waals surface area contributed by atoms with Gasteiger partial charge < -0.3 is 35.1 Å². The number of ether oxygens (including phenoxy) is 2. The first-order valence-corrected chi connectivity index (χ1v) is 17.2. The Balaban J connectivity index is 1.44. The molecule has 2 aromatic carbocycles. The molecule has 4 rings (SSSR count). The molecule has 0 aliphatic rings. The van der Waals surface area contributed by atoms with Crippen LogP contribution in [-0.4, -0.2) is 57.6 Å². The fraction of sp³-hybridized carbons (Fsp3) is 0.417. The molecule has 0 saturated carbocycles. The second-order valence-corrected chi connectivity index (χ2v) is 13.5. The Labute approximate surface area is 290 Å². The highest BCUT2D eigenvalue weighted by molar-refractivity contribution is 7.09. The van der Waals surface area contributed by atoms with Gasteiger partial charge in [-0.05, 0) is 42.2 Å². The van der Waals surface area contributed by atoms with Gasteiger partial charge >= 0.3 is 12.2 Å². The van der Waals surface area contributed by atoms with E-state index < -0.39 is 42.3 Å². The van der Waals surface area contributed by atoms with E-state index in [9.17, 15) is 19.5 Å². The Hall–Kier alpha value is -4.75. The Bertz CT molecular complexity index is 1580. The van der Waals surface area contributed by atoms with Crippen LogP contribution in [0.15, 0.2) is 83.0 Å². The SMILES string of the molecule is CC(C)c1cc(COC(=O)N[C@H](C(=O)N[C@@H](Cc2ccccc2)C[C@H](O)[C@H](Cc2ccccc2)NC(=O)OCc2cncs2)C(C)C)on1. The number of hydrogen-bond donors (Lipinski definition) is 4. The van der Waals surface area contributed by atoms with Crippen molar-refractivity contribution in [2.75, 3.05) is 0 Å². The van der Waals surface area contributed by atoms with Crippen molar-refractivity contribution in [1.29, 1.82) is 0 Å². The van der Waals surface area contributed by atoms with E-state index in [2.05, 4.69) is 26.1 Å². The average molecular weight is 692 g/mol. The molecule has 0 fully saturated rings. The molecule has 0 spiro atoms. The zero-order chi connectivity index (χ0) is 35.2. The van der Waals surface area contributed by atoms with E-state index >= 15 is 0 Å². The molecule has 262 valence electrons. The van der Waals surface area contributed by atoms with Crippen LogP contribution in [0.3, 0.4) is 0 Å². The summed E-state index contributed by atoms with van der Waals surface area (Å²) < 4.78 is 16.0. The molecule has 0 aliphatic heterocycles. The molecule has 0 aliphatic carbocycles. The third kappa shape index (κ3) is 12.3. The smallest absolute Gasteiger partial charge is 0.408 e. The standard InChI is InChI=1S/C36H45N5O7S/c1-23(2)30-18-28(48-41-30)20-46-36(45)40-33(24(3)4)34(43)38-27(15-25-11-7-5-8-12-25)17-32(42)31(16-26-13-9-6-10-14-26)39-35(44)47-21-29-19-37-22-49-29/h5-14,18-19,22-24,27,31-33,42H,15-17,20-21H2,1-4H3,(H,38,43)(H,39,44)(H,40,45)/t27-,31-,32-,33-/m0/s1. The number of nitrogens with zero attached hydrogens (tertiary/aromatic N) is 2. The first-order valence-electron chi connectivity index (χ1n) is 16.3. The zero-order valence-electron chi connectivity index (χ0n) is 28.2. The molecular weight excluding hydrogens is 646 g/mol. The van der Waals surface area contributed by atoms with Gasteiger partial charge in [-0.25, -0.2) is 9.59 Å². The van der Waals surface area contributed by atoms with Crippen LogP contribution in [0.1, 0.15) is 67.5 Å². The van der Waals surface area contributed by atoms with Crippen LogP contribution in [0.25, 0.3) is 0 Å². The second-order valence-electron chi connectivity index (χ2n) is 12.5. The van der Waals surface area contributed by atoms with Gasteiger partial charge in [0.2, 0.25) is 5.91 Å². The summed E-state index contributed by atoms with van der Waals surface area (Å²) >= 11 is 1.37. The van der Waals surface area contributed by atoms with Crippen molar-refractivity contribution in [3.63, 3.8) is 0 Å². The third-order valence-electron chi connectivity index (χ3n) is 7.83. The number of rotatable bonds is 17. The van der Waals surface area contributed by atoms with E-state index in [1.54, 1.807) is 17.8 Å². The van der Waals surface area contributed by atoms with Crippen molar-refractivity contribution in [1.82, 2.24) is 26.1 Å². The highest BCUT2D eigenvalue weighted by Crippen LogP contribution is 2.17. The molecule has 0 bridgehead atoms. The molecule has 13 heteroatoms. The minimum Gasteiger partial charge on any atom is -0.444 e. The summed E-state index contributed by atoms with van der Waals surface area (Å²) in [5.41, 5.74) is 4.26. The van der Waals surface area contributed by atoms with Gasteiger partial charge in [-0.3, -0.25) is 9.78 Å². The van der Waals surface area contributed by atoms with Crippen LogP contribution in [0.2, 0.25) is 0 Å². The molecule has 12 nitrogen and oxygen atoms in total. The van der Waals surface area contributed by atoms with Crippen LogP contribution in [0, 0.1) is 5.92 Å². The van der Waals surface area contributed by atoms with Crippen LogP contribution < -0.4 is 16.0 Å². The average Bonchev–Trinajstić information content (AvgIpc) is 3.79. The van der Waals surface area contributed by atoms with Crippen LogP contribution in [0.4, 0.5) is 9.59 Å². The molecule has 4 atom stereocenters. The summed E-state index contributed by atoms with van der Waals surface area (Å²) in [5, 5.41) is 24.1. The Morgan fingerprint density at radius 2 is 1.49 bits per heavy atom. The minimum absolute atomic E-state index is 0.0563. The van der Waals surface area contributed by atoms with Gasteiger partial charge in [-0.2, -0.15) is 0 Å². The van der Waals surface area contributed by atoms with E-state index in [4.69, 9.17) is 14.0 Å². The molecule has 0 unspecified atom stereocenters. The second kappa shape index (κ2) is 18.7. The van der Waals surface area contributed by atoms with Gasteiger partial charge in [0, 0.05) is 18.3 Å². The highest BCUT2D eigenvalue weighted by Gasteiger charge is 2.30. The summed E-state index contributed by atoms with van der Waals surface area (Å²) in [6.07, 6.45) is -0.0649. The van der Waals surface area contributed by atoms with Gasteiger partial charge in [0.05, 0.1) is 28.2 Å². The fourth-order valence-corrected chi connectivity index (χ4v) is 5.65. The van der Waals surface area contributed by atoms with Crippen molar-refractivity contribution in [2.45, 2.75) is 90.3 Å². The fourth-order valence-electron chi connectivity index (χ4n) is 5.14. The topological polar surface area (TPSA) is 165 Å². The normalized spacial score (nSPS) is 13.7. The third-order valence-corrected chi connectivity index (χ3v) is 8.58. The zero-order valence-corrected chi connectivity index (χ0v) is 29.0. The van der Waals surface area contributed by atoms with Crippen LogP contribution >= 0.6 is 11.3 Å². The minimum atomic E-state index is -1.07. The number of aromatic nitrogens is 2. The molecule has 49 heavy (non-hydrogen) atoms. The van der Waals surface area contributed by atoms with Crippen molar-refractivity contribution in [3.05, 3.63) is 106 Å². The maximum absolute atomic E-state index is 13.7. The molecule has 4 N–H and O–H groups in total. The van der Waals surface area contributed by atoms with Crippen molar-refractivity contribution < 1.29 is 33.5 Å². The lowest BCUT2D eigenvalue weighted by atomic mass is 9.93. The largest absolute Gasteiger partial charge is 0.444 e. The van der Waals surface area contributed by atoms with E-state index in [1.807, 2.05) is 88.4 Å². The van der Waals surface area contributed by atoms with Gasteiger partial charge in [-0.15, -0.1) is 11.3 Å². The number of carbonyl (C=O) groups is 3. The highest BCUT2D eigenvalue weighted by atomic mass is 32.1. The Kier molecular flexibility index (Phi) is 14.2. The maximum atomic E-state index is 13.7. The van der Waals surface area contributed by atoms with Gasteiger partial charge in [0.1, 0.15) is 12.6 Å². The van der Waals surface area contributed by atoms with Gasteiger partial charge in [0.15, 0.2) is 12.4 Å². The van der Waals surface area contributed by atoms with Gasteiger partial charge in [-0.1, -0.05) is 93.5 Å². The lowest BCUT2D eigenvalue weighted by Gasteiger charge is -2.30. The molecule has 2 aromatic heterocycles. The number of alkyl carbamates (subject to hydrolysis) is 2.